The molecule has 114 valence electrons. The van der Waals surface area contributed by atoms with Crippen LogP contribution in [-0.2, 0) is 0 Å². The van der Waals surface area contributed by atoms with E-state index >= 15 is 0 Å². The Balaban J connectivity index is 1.87. The molecule has 4 nitrogen and oxygen atoms in total. The minimum absolute atomic E-state index is 0.00473. The number of rotatable bonds is 5. The van der Waals surface area contributed by atoms with Crippen molar-refractivity contribution in [3.05, 3.63) is 54.5 Å². The average Bonchev–Trinajstić information content (AvgIpc) is 2.90. The van der Waals surface area contributed by atoms with Crippen molar-refractivity contribution in [2.75, 3.05) is 0 Å². The molecular weight excluding hydrogens is 274 g/mol. The van der Waals surface area contributed by atoms with Crippen LogP contribution in [0.15, 0.2) is 43.3 Å². The third kappa shape index (κ3) is 2.82. The van der Waals surface area contributed by atoms with Gasteiger partial charge in [0.15, 0.2) is 0 Å². The van der Waals surface area contributed by atoms with Gasteiger partial charge in [-0.15, -0.1) is 0 Å². The third-order valence-corrected chi connectivity index (χ3v) is 4.09. The predicted octanol–water partition coefficient (Wildman–Crippen LogP) is 3.60. The van der Waals surface area contributed by atoms with E-state index in [-0.39, 0.29) is 5.91 Å². The van der Waals surface area contributed by atoms with E-state index < -0.39 is 0 Å². The first-order chi connectivity index (χ1) is 10.7. The summed E-state index contributed by atoms with van der Waals surface area (Å²) in [5, 5.41) is 3.06. The molecule has 1 saturated carbocycles. The van der Waals surface area contributed by atoms with E-state index in [1.165, 1.54) is 6.42 Å². The summed E-state index contributed by atoms with van der Waals surface area (Å²) < 4.78 is 1.90. The van der Waals surface area contributed by atoms with E-state index in [4.69, 9.17) is 0 Å². The summed E-state index contributed by atoms with van der Waals surface area (Å²) in [5.74, 6) is -0.00473. The fourth-order valence-corrected chi connectivity index (χ4v) is 2.60. The Kier molecular flexibility index (Phi) is 4.09. The zero-order valence-electron chi connectivity index (χ0n) is 12.9. The lowest BCUT2D eigenvalue weighted by atomic mass is 9.93. The monoisotopic (exact) mass is 295 g/mol. The number of pyridine rings is 1. The van der Waals surface area contributed by atoms with Gasteiger partial charge in [0.2, 0.25) is 0 Å². The molecule has 0 atom stereocenters. The Labute approximate surface area is 130 Å². The molecule has 0 unspecified atom stereocenters. The van der Waals surface area contributed by atoms with Gasteiger partial charge in [0, 0.05) is 18.4 Å². The lowest BCUT2D eigenvalue weighted by Gasteiger charge is -2.26. The zero-order chi connectivity index (χ0) is 15.5. The molecule has 3 rings (SSSR count). The maximum atomic E-state index is 12.2. The van der Waals surface area contributed by atoms with Crippen LogP contribution in [0.4, 0.5) is 0 Å². The number of fused-ring (bicyclic) bond motifs is 1. The highest BCUT2D eigenvalue weighted by molar-refractivity contribution is 5.94. The second-order valence-corrected chi connectivity index (χ2v) is 5.68. The normalized spacial score (nSPS) is 15.6. The van der Waals surface area contributed by atoms with Crippen molar-refractivity contribution in [3.63, 3.8) is 0 Å². The number of carbonyl (C=O) groups is 1. The molecule has 1 amide bonds. The first-order valence-corrected chi connectivity index (χ1v) is 7.84. The second kappa shape index (κ2) is 6.18. The molecule has 0 saturated heterocycles. The summed E-state index contributed by atoms with van der Waals surface area (Å²) in [4.78, 5) is 16.8. The van der Waals surface area contributed by atoms with Crippen molar-refractivity contribution < 1.29 is 4.79 Å². The Morgan fingerprint density at radius 1 is 1.45 bits per heavy atom. The third-order valence-electron chi connectivity index (χ3n) is 4.09. The Morgan fingerprint density at radius 2 is 2.27 bits per heavy atom. The molecule has 0 spiro atoms. The second-order valence-electron chi connectivity index (χ2n) is 5.68. The van der Waals surface area contributed by atoms with Gasteiger partial charge < -0.3 is 9.72 Å². The lowest BCUT2D eigenvalue weighted by molar-refractivity contribution is 0.0916. The van der Waals surface area contributed by atoms with Gasteiger partial charge in [0.1, 0.15) is 5.65 Å². The van der Waals surface area contributed by atoms with Crippen molar-refractivity contribution in [3.8, 4) is 0 Å². The number of imidazole rings is 1. The van der Waals surface area contributed by atoms with Gasteiger partial charge in [0.05, 0.1) is 11.3 Å². The molecule has 0 bridgehead atoms. The van der Waals surface area contributed by atoms with Crippen molar-refractivity contribution in [2.45, 2.75) is 38.6 Å². The van der Waals surface area contributed by atoms with Gasteiger partial charge in [-0.2, -0.15) is 0 Å². The Hall–Kier alpha value is -2.36. The standard InChI is InChI=1S/C18H21N3O/c1-3-6-13(4-2)16-12-21-11-14(9-10-17(21)20-16)18(22)19-15-7-5-8-15/h4,6,9-12,15H,2-3,5,7-8H2,1H3,(H,19,22)/b13-6+. The molecule has 0 aliphatic heterocycles. The smallest absolute Gasteiger partial charge is 0.252 e. The topological polar surface area (TPSA) is 46.4 Å². The van der Waals surface area contributed by atoms with Crippen LogP contribution in [0.1, 0.15) is 48.7 Å². The summed E-state index contributed by atoms with van der Waals surface area (Å²) in [6, 6.07) is 4.06. The van der Waals surface area contributed by atoms with Crippen LogP contribution in [0, 0.1) is 0 Å². The predicted molar refractivity (Wildman–Crippen MR) is 88.8 cm³/mol. The molecule has 0 aromatic carbocycles. The molecule has 1 N–H and O–H groups in total. The summed E-state index contributed by atoms with van der Waals surface area (Å²) in [6.07, 6.45) is 12.0. The number of allylic oxidation sites excluding steroid dienone is 3. The fraction of sp³-hybridized carbons (Fsp3) is 0.333. The quantitative estimate of drug-likeness (QED) is 0.857. The first kappa shape index (κ1) is 14.6. The van der Waals surface area contributed by atoms with Crippen molar-refractivity contribution >= 4 is 17.1 Å². The van der Waals surface area contributed by atoms with Gasteiger partial charge in [-0.05, 0) is 43.4 Å². The summed E-state index contributed by atoms with van der Waals surface area (Å²) in [6.45, 7) is 5.92. The molecule has 1 aliphatic rings. The van der Waals surface area contributed by atoms with Crippen LogP contribution in [0.5, 0.6) is 0 Å². The summed E-state index contributed by atoms with van der Waals surface area (Å²) in [5.41, 5.74) is 3.40. The number of amides is 1. The number of nitrogens with zero attached hydrogens (tertiary/aromatic N) is 2. The molecule has 0 radical (unpaired) electrons. The largest absolute Gasteiger partial charge is 0.349 e. The van der Waals surface area contributed by atoms with E-state index in [1.807, 2.05) is 35.0 Å². The van der Waals surface area contributed by atoms with Crippen molar-refractivity contribution in [2.24, 2.45) is 0 Å². The highest BCUT2D eigenvalue weighted by Crippen LogP contribution is 2.20. The van der Waals surface area contributed by atoms with Crippen molar-refractivity contribution in [1.29, 1.82) is 0 Å². The van der Waals surface area contributed by atoms with Gasteiger partial charge >= 0.3 is 0 Å². The number of carbonyl (C=O) groups excluding carboxylic acids is 1. The minimum atomic E-state index is -0.00473. The number of aromatic nitrogens is 2. The van der Waals surface area contributed by atoms with Crippen LogP contribution in [0.3, 0.4) is 0 Å². The number of hydrogen-bond acceptors (Lipinski definition) is 2. The maximum absolute atomic E-state index is 12.2. The Bertz CT molecular complexity index is 738. The molecule has 1 fully saturated rings. The van der Waals surface area contributed by atoms with Gasteiger partial charge in [-0.1, -0.05) is 25.7 Å². The first-order valence-electron chi connectivity index (χ1n) is 7.84. The van der Waals surface area contributed by atoms with Crippen LogP contribution >= 0.6 is 0 Å². The number of hydrogen-bond donors (Lipinski definition) is 1. The minimum Gasteiger partial charge on any atom is -0.349 e. The summed E-state index contributed by atoms with van der Waals surface area (Å²) in [7, 11) is 0. The highest BCUT2D eigenvalue weighted by Gasteiger charge is 2.20. The molecule has 1 aliphatic carbocycles. The van der Waals surface area contributed by atoms with Crippen LogP contribution in [0.25, 0.3) is 11.2 Å². The van der Waals surface area contributed by atoms with Crippen LogP contribution in [-0.4, -0.2) is 21.3 Å². The van der Waals surface area contributed by atoms with Gasteiger partial charge in [-0.25, -0.2) is 4.98 Å². The molecule has 2 aromatic rings. The SMILES string of the molecule is C=C/C(=C\CC)c1cn2cc(C(=O)NC3CCC3)ccc2n1. The van der Waals surface area contributed by atoms with Gasteiger partial charge in [-0.3, -0.25) is 4.79 Å². The van der Waals surface area contributed by atoms with E-state index in [0.29, 0.717) is 11.6 Å². The fourth-order valence-electron chi connectivity index (χ4n) is 2.60. The zero-order valence-corrected chi connectivity index (χ0v) is 12.9. The van der Waals surface area contributed by atoms with E-state index in [2.05, 4.69) is 29.9 Å². The molecule has 22 heavy (non-hydrogen) atoms. The van der Waals surface area contributed by atoms with E-state index in [0.717, 1.165) is 36.2 Å². The molecule has 2 heterocycles. The molecule has 2 aromatic heterocycles. The van der Waals surface area contributed by atoms with Crippen molar-refractivity contribution in [1.82, 2.24) is 14.7 Å². The average molecular weight is 295 g/mol. The summed E-state index contributed by atoms with van der Waals surface area (Å²) >= 11 is 0. The Morgan fingerprint density at radius 3 is 2.91 bits per heavy atom. The number of nitrogens with one attached hydrogen (secondary N) is 1. The van der Waals surface area contributed by atoms with E-state index in [9.17, 15) is 4.79 Å². The van der Waals surface area contributed by atoms with Crippen LogP contribution < -0.4 is 5.32 Å². The van der Waals surface area contributed by atoms with E-state index in [1.54, 1.807) is 0 Å². The van der Waals surface area contributed by atoms with Crippen LogP contribution in [0.2, 0.25) is 0 Å². The molecule has 4 heteroatoms. The lowest BCUT2D eigenvalue weighted by Crippen LogP contribution is -2.39. The highest BCUT2D eigenvalue weighted by atomic mass is 16.1. The molecular formula is C18H21N3O. The van der Waals surface area contributed by atoms with Gasteiger partial charge in [0.25, 0.3) is 5.91 Å². The maximum Gasteiger partial charge on any atom is 0.252 e.